The fraction of sp³-hybridized carbons (Fsp3) is 0.400. The molecule has 3 rings (SSSR count). The summed E-state index contributed by atoms with van der Waals surface area (Å²) in [6, 6.07) is 8.62. The van der Waals surface area contributed by atoms with Gasteiger partial charge < -0.3 is 9.64 Å². The van der Waals surface area contributed by atoms with Crippen molar-refractivity contribution in [3.8, 4) is 5.75 Å². The number of methoxy groups -OCH3 is 1. The highest BCUT2D eigenvalue weighted by Crippen LogP contribution is 2.21. The van der Waals surface area contributed by atoms with Gasteiger partial charge in [-0.15, -0.1) is 0 Å². The Balaban J connectivity index is 1.68. The van der Waals surface area contributed by atoms with Crippen molar-refractivity contribution in [2.75, 3.05) is 33.3 Å². The molecule has 1 aromatic heterocycles. The number of halogens is 1. The molecule has 0 atom stereocenters. The summed E-state index contributed by atoms with van der Waals surface area (Å²) >= 11 is 0. The summed E-state index contributed by atoms with van der Waals surface area (Å²) in [6.45, 7) is 5.26. The van der Waals surface area contributed by atoms with Gasteiger partial charge in [0.2, 0.25) is 0 Å². The van der Waals surface area contributed by atoms with Crippen LogP contribution in [0.5, 0.6) is 5.75 Å². The Morgan fingerprint density at radius 1 is 1.23 bits per heavy atom. The van der Waals surface area contributed by atoms with Crippen LogP contribution in [0.25, 0.3) is 0 Å². The molecule has 26 heavy (non-hydrogen) atoms. The van der Waals surface area contributed by atoms with Crippen LogP contribution in [0.3, 0.4) is 0 Å². The number of pyridine rings is 1. The molecule has 0 saturated carbocycles. The lowest BCUT2D eigenvalue weighted by atomic mass is 10.2. The van der Waals surface area contributed by atoms with E-state index in [0.717, 1.165) is 18.7 Å². The Bertz CT molecular complexity index is 781. The van der Waals surface area contributed by atoms with E-state index < -0.39 is 0 Å². The van der Waals surface area contributed by atoms with E-state index in [2.05, 4.69) is 9.88 Å². The number of hydrogen-bond donors (Lipinski definition) is 0. The van der Waals surface area contributed by atoms with Crippen LogP contribution in [0.1, 0.15) is 28.0 Å². The fourth-order valence-corrected chi connectivity index (χ4v) is 3.25. The second kappa shape index (κ2) is 8.27. The summed E-state index contributed by atoms with van der Waals surface area (Å²) in [7, 11) is 1.54. The number of benzene rings is 1. The maximum absolute atomic E-state index is 13.9. The lowest BCUT2D eigenvalue weighted by molar-refractivity contribution is 0.0757. The van der Waals surface area contributed by atoms with Crippen molar-refractivity contribution < 1.29 is 13.9 Å². The highest BCUT2D eigenvalue weighted by Gasteiger charge is 2.23. The van der Waals surface area contributed by atoms with E-state index in [-0.39, 0.29) is 11.7 Å². The molecule has 0 N–H and O–H groups in total. The minimum absolute atomic E-state index is 0.0416. The topological polar surface area (TPSA) is 45.7 Å². The van der Waals surface area contributed by atoms with Gasteiger partial charge in [0.1, 0.15) is 11.6 Å². The van der Waals surface area contributed by atoms with E-state index in [1.807, 2.05) is 24.0 Å². The number of nitrogens with zero attached hydrogens (tertiary/aromatic N) is 3. The number of aromatic nitrogens is 1. The van der Waals surface area contributed by atoms with Crippen molar-refractivity contribution in [3.05, 3.63) is 59.2 Å². The first-order chi connectivity index (χ1) is 12.6. The predicted molar refractivity (Wildman–Crippen MR) is 97.7 cm³/mol. The monoisotopic (exact) mass is 357 g/mol. The lowest BCUT2D eigenvalue weighted by Crippen LogP contribution is -2.35. The number of amides is 1. The lowest BCUT2D eigenvalue weighted by Gasteiger charge is -2.23. The van der Waals surface area contributed by atoms with Gasteiger partial charge in [-0.1, -0.05) is 18.2 Å². The normalized spacial score (nSPS) is 15.6. The van der Waals surface area contributed by atoms with Crippen LogP contribution in [0.4, 0.5) is 4.39 Å². The molecule has 0 aliphatic carbocycles. The van der Waals surface area contributed by atoms with Crippen LogP contribution in [-0.4, -0.2) is 54.0 Å². The van der Waals surface area contributed by atoms with Gasteiger partial charge in [0.05, 0.1) is 18.9 Å². The molecular formula is C20H24FN3O2. The van der Waals surface area contributed by atoms with Gasteiger partial charge >= 0.3 is 0 Å². The first kappa shape index (κ1) is 18.3. The summed E-state index contributed by atoms with van der Waals surface area (Å²) in [5.74, 6) is 0.273. The van der Waals surface area contributed by atoms with Crippen molar-refractivity contribution in [3.63, 3.8) is 0 Å². The van der Waals surface area contributed by atoms with Gasteiger partial charge in [0, 0.05) is 44.0 Å². The van der Waals surface area contributed by atoms with E-state index in [1.54, 1.807) is 25.4 Å². The number of carbonyl (C=O) groups excluding carboxylic acids is 1. The van der Waals surface area contributed by atoms with Crippen LogP contribution < -0.4 is 4.74 Å². The average molecular weight is 357 g/mol. The third-order valence-corrected chi connectivity index (χ3v) is 4.68. The second-order valence-electron chi connectivity index (χ2n) is 6.54. The molecule has 138 valence electrons. The highest BCUT2D eigenvalue weighted by atomic mass is 19.1. The molecular weight excluding hydrogens is 333 g/mol. The van der Waals surface area contributed by atoms with E-state index in [0.29, 0.717) is 43.1 Å². The number of ether oxygens (including phenoxy) is 1. The van der Waals surface area contributed by atoms with E-state index in [9.17, 15) is 9.18 Å². The summed E-state index contributed by atoms with van der Waals surface area (Å²) in [5, 5.41) is 0. The standard InChI is InChI=1S/C20H24FN3O2/c1-15-12-17(19(26-2)13-22-15)20(25)24-9-5-8-23(10-11-24)14-16-6-3-4-7-18(16)21/h3-4,6-7,12-13H,5,8-11,14H2,1-2H3. The quantitative estimate of drug-likeness (QED) is 0.844. The Labute approximate surface area is 153 Å². The van der Waals surface area contributed by atoms with E-state index >= 15 is 0 Å². The third-order valence-electron chi connectivity index (χ3n) is 4.68. The van der Waals surface area contributed by atoms with Gasteiger partial charge in [0.25, 0.3) is 5.91 Å². The molecule has 0 radical (unpaired) electrons. The molecule has 6 heteroatoms. The number of aryl methyl sites for hydroxylation is 1. The molecule has 1 saturated heterocycles. The predicted octanol–water partition coefficient (Wildman–Crippen LogP) is 2.89. The maximum atomic E-state index is 13.9. The van der Waals surface area contributed by atoms with Crippen molar-refractivity contribution in [2.24, 2.45) is 0 Å². The van der Waals surface area contributed by atoms with Crippen LogP contribution in [-0.2, 0) is 6.54 Å². The zero-order chi connectivity index (χ0) is 18.5. The SMILES string of the molecule is COc1cnc(C)cc1C(=O)N1CCCN(Cc2ccccc2F)CC1. The van der Waals surface area contributed by atoms with Gasteiger partial charge in [-0.25, -0.2) is 4.39 Å². The van der Waals surface area contributed by atoms with Crippen molar-refractivity contribution in [2.45, 2.75) is 19.9 Å². The van der Waals surface area contributed by atoms with E-state index in [4.69, 9.17) is 4.74 Å². The average Bonchev–Trinajstić information content (AvgIpc) is 2.88. The van der Waals surface area contributed by atoms with Crippen LogP contribution in [0.2, 0.25) is 0 Å². The van der Waals surface area contributed by atoms with Crippen molar-refractivity contribution in [1.82, 2.24) is 14.8 Å². The Kier molecular flexibility index (Phi) is 5.83. The second-order valence-corrected chi connectivity index (χ2v) is 6.54. The highest BCUT2D eigenvalue weighted by molar-refractivity contribution is 5.97. The van der Waals surface area contributed by atoms with Crippen molar-refractivity contribution >= 4 is 5.91 Å². The largest absolute Gasteiger partial charge is 0.494 e. The first-order valence-electron chi connectivity index (χ1n) is 8.84. The van der Waals surface area contributed by atoms with Gasteiger partial charge in [0.15, 0.2) is 0 Å². The molecule has 0 unspecified atom stereocenters. The minimum Gasteiger partial charge on any atom is -0.494 e. The van der Waals surface area contributed by atoms with Gasteiger partial charge in [-0.05, 0) is 25.5 Å². The summed E-state index contributed by atoms with van der Waals surface area (Å²) in [4.78, 5) is 21.2. The molecule has 1 aromatic carbocycles. The Morgan fingerprint density at radius 2 is 2.04 bits per heavy atom. The van der Waals surface area contributed by atoms with Crippen molar-refractivity contribution in [1.29, 1.82) is 0 Å². The number of rotatable bonds is 4. The molecule has 1 fully saturated rings. The smallest absolute Gasteiger partial charge is 0.257 e. The fourth-order valence-electron chi connectivity index (χ4n) is 3.25. The molecule has 2 aromatic rings. The third kappa shape index (κ3) is 4.19. The zero-order valence-electron chi connectivity index (χ0n) is 15.2. The number of hydrogen-bond acceptors (Lipinski definition) is 4. The minimum atomic E-state index is -0.179. The Morgan fingerprint density at radius 3 is 2.81 bits per heavy atom. The molecule has 1 aliphatic rings. The number of carbonyl (C=O) groups is 1. The van der Waals surface area contributed by atoms with Crippen LogP contribution in [0, 0.1) is 12.7 Å². The zero-order valence-corrected chi connectivity index (χ0v) is 15.2. The van der Waals surface area contributed by atoms with Gasteiger partial charge in [-0.3, -0.25) is 14.7 Å². The molecule has 0 spiro atoms. The molecule has 2 heterocycles. The molecule has 5 nitrogen and oxygen atoms in total. The summed E-state index contributed by atoms with van der Waals surface area (Å²) in [6.07, 6.45) is 2.44. The van der Waals surface area contributed by atoms with Gasteiger partial charge in [-0.2, -0.15) is 0 Å². The van der Waals surface area contributed by atoms with E-state index in [1.165, 1.54) is 6.07 Å². The molecule has 0 bridgehead atoms. The maximum Gasteiger partial charge on any atom is 0.257 e. The summed E-state index contributed by atoms with van der Waals surface area (Å²) in [5.41, 5.74) is 2.02. The summed E-state index contributed by atoms with van der Waals surface area (Å²) < 4.78 is 19.2. The first-order valence-corrected chi connectivity index (χ1v) is 8.84. The Hall–Kier alpha value is -2.47. The van der Waals surface area contributed by atoms with Crippen LogP contribution >= 0.6 is 0 Å². The molecule has 1 aliphatic heterocycles. The molecule has 1 amide bonds. The van der Waals surface area contributed by atoms with Crippen LogP contribution in [0.15, 0.2) is 36.5 Å².